The summed E-state index contributed by atoms with van der Waals surface area (Å²) < 4.78 is 7.04. The van der Waals surface area contributed by atoms with Crippen LogP contribution in [0.4, 0.5) is 5.82 Å². The third kappa shape index (κ3) is 4.28. The summed E-state index contributed by atoms with van der Waals surface area (Å²) in [6.07, 6.45) is 8.99. The summed E-state index contributed by atoms with van der Waals surface area (Å²) in [5.41, 5.74) is 0.753. The van der Waals surface area contributed by atoms with Gasteiger partial charge < -0.3 is 10.1 Å². The van der Waals surface area contributed by atoms with Crippen molar-refractivity contribution in [1.29, 1.82) is 0 Å². The van der Waals surface area contributed by atoms with Gasteiger partial charge in [-0.3, -0.25) is 18.9 Å². The first-order chi connectivity index (χ1) is 14.6. The van der Waals surface area contributed by atoms with E-state index >= 15 is 0 Å². The average Bonchev–Trinajstić information content (AvgIpc) is 3.02. The zero-order valence-corrected chi connectivity index (χ0v) is 18.4. The Morgan fingerprint density at radius 3 is 2.87 bits per heavy atom. The van der Waals surface area contributed by atoms with Gasteiger partial charge in [0.05, 0.1) is 23.6 Å². The van der Waals surface area contributed by atoms with E-state index in [0.29, 0.717) is 39.4 Å². The number of carbonyl (C=O) groups excluding carboxylic acids is 1. The maximum Gasteiger partial charge on any atom is 0.267 e. The minimum Gasteiger partial charge on any atom is -0.383 e. The number of carbonyl (C=O) groups is 1. The van der Waals surface area contributed by atoms with Gasteiger partial charge in [0.1, 0.15) is 15.8 Å². The Balaban J connectivity index is 1.75. The largest absolute Gasteiger partial charge is 0.383 e. The predicted octanol–water partition coefficient (Wildman–Crippen LogP) is 3.29. The monoisotopic (exact) mass is 444 g/mol. The lowest BCUT2D eigenvalue weighted by Gasteiger charge is -2.24. The second kappa shape index (κ2) is 9.28. The molecule has 9 heteroatoms. The van der Waals surface area contributed by atoms with Crippen molar-refractivity contribution in [3.05, 3.63) is 45.2 Å². The summed E-state index contributed by atoms with van der Waals surface area (Å²) in [7, 11) is 1.58. The standard InChI is InChI=1S/C21H24N4O3S2/c1-28-12-11-25-20(27)16(30-21(25)29)13-15-18(22-14-7-3-2-4-8-14)23-17-9-5-6-10-24(17)19(15)26/h5-6,9-10,13-14,22H,2-4,7-8,11-12H2,1H3/b16-13+. The molecule has 7 nitrogen and oxygen atoms in total. The van der Waals surface area contributed by atoms with Gasteiger partial charge in [-0.2, -0.15) is 0 Å². The molecule has 0 atom stereocenters. The minimum absolute atomic E-state index is 0.205. The second-order valence-corrected chi connectivity index (χ2v) is 9.09. The van der Waals surface area contributed by atoms with Crippen molar-refractivity contribution in [1.82, 2.24) is 14.3 Å². The molecule has 1 aliphatic carbocycles. The quantitative estimate of drug-likeness (QED) is 0.541. The molecule has 2 aliphatic rings. The molecule has 158 valence electrons. The molecule has 30 heavy (non-hydrogen) atoms. The molecule has 2 aromatic heterocycles. The Bertz CT molecular complexity index is 1060. The van der Waals surface area contributed by atoms with Crippen molar-refractivity contribution >= 4 is 51.7 Å². The number of hydrogen-bond donors (Lipinski definition) is 1. The van der Waals surface area contributed by atoms with Crippen molar-refractivity contribution in [3.63, 3.8) is 0 Å². The number of nitrogens with one attached hydrogen (secondary N) is 1. The normalized spacial score (nSPS) is 19.2. The average molecular weight is 445 g/mol. The topological polar surface area (TPSA) is 75.9 Å². The molecule has 4 rings (SSSR count). The van der Waals surface area contributed by atoms with Gasteiger partial charge >= 0.3 is 0 Å². The zero-order chi connectivity index (χ0) is 21.1. The SMILES string of the molecule is COCCN1C(=O)/C(=C\c2c(NC3CCCCC3)nc3ccccn3c2=O)SC1=S. The lowest BCUT2D eigenvalue weighted by molar-refractivity contribution is -0.122. The highest BCUT2D eigenvalue weighted by Gasteiger charge is 2.32. The van der Waals surface area contributed by atoms with Crippen LogP contribution in [0.3, 0.4) is 0 Å². The minimum atomic E-state index is -0.207. The molecule has 2 aromatic rings. The highest BCUT2D eigenvalue weighted by molar-refractivity contribution is 8.26. The Hall–Kier alpha value is -2.23. The number of pyridine rings is 1. The van der Waals surface area contributed by atoms with Gasteiger partial charge in [0.15, 0.2) is 0 Å². The van der Waals surface area contributed by atoms with Crippen LogP contribution in [0.5, 0.6) is 0 Å². The van der Waals surface area contributed by atoms with Crippen LogP contribution < -0.4 is 10.9 Å². The summed E-state index contributed by atoms with van der Waals surface area (Å²) in [6, 6.07) is 5.73. The lowest BCUT2D eigenvalue weighted by Crippen LogP contribution is -2.31. The van der Waals surface area contributed by atoms with Crippen LogP contribution in [-0.4, -0.2) is 50.8 Å². The van der Waals surface area contributed by atoms with Crippen molar-refractivity contribution < 1.29 is 9.53 Å². The highest BCUT2D eigenvalue weighted by Crippen LogP contribution is 2.33. The third-order valence-electron chi connectivity index (χ3n) is 5.38. The summed E-state index contributed by atoms with van der Waals surface area (Å²) in [4.78, 5) is 32.8. The molecule has 0 radical (unpaired) electrons. The number of rotatable bonds is 6. The van der Waals surface area contributed by atoms with Crippen LogP contribution in [0.15, 0.2) is 34.1 Å². The number of nitrogens with zero attached hydrogens (tertiary/aromatic N) is 3. The number of amides is 1. The number of aromatic nitrogens is 2. The lowest BCUT2D eigenvalue weighted by atomic mass is 9.95. The first kappa shape index (κ1) is 21.0. The Morgan fingerprint density at radius 2 is 2.10 bits per heavy atom. The van der Waals surface area contributed by atoms with E-state index in [9.17, 15) is 9.59 Å². The maximum atomic E-state index is 13.3. The molecule has 3 heterocycles. The van der Waals surface area contributed by atoms with Gasteiger partial charge in [-0.15, -0.1) is 0 Å². The van der Waals surface area contributed by atoms with Crippen LogP contribution in [0.25, 0.3) is 11.7 Å². The highest BCUT2D eigenvalue weighted by atomic mass is 32.2. The van der Waals surface area contributed by atoms with Crippen molar-refractivity contribution in [3.8, 4) is 0 Å². The van der Waals surface area contributed by atoms with Crippen molar-refractivity contribution in [2.24, 2.45) is 0 Å². The molecule has 0 aromatic carbocycles. The molecule has 0 spiro atoms. The van der Waals surface area contributed by atoms with Crippen LogP contribution in [0, 0.1) is 0 Å². The van der Waals surface area contributed by atoms with Gasteiger partial charge in [0.25, 0.3) is 11.5 Å². The first-order valence-electron chi connectivity index (χ1n) is 10.1. The summed E-state index contributed by atoms with van der Waals surface area (Å²) >= 11 is 6.56. The fourth-order valence-corrected chi connectivity index (χ4v) is 5.08. The molecule has 0 unspecified atom stereocenters. The molecule has 1 amide bonds. The van der Waals surface area contributed by atoms with Crippen LogP contribution in [0.1, 0.15) is 37.7 Å². The van der Waals surface area contributed by atoms with E-state index in [1.807, 2.05) is 6.07 Å². The molecule has 0 bridgehead atoms. The maximum absolute atomic E-state index is 13.3. The number of anilines is 1. The number of thioether (sulfide) groups is 1. The Labute approximate surface area is 184 Å². The van der Waals surface area contributed by atoms with E-state index in [1.54, 1.807) is 31.5 Å². The van der Waals surface area contributed by atoms with Gasteiger partial charge in [-0.1, -0.05) is 49.3 Å². The summed E-state index contributed by atoms with van der Waals surface area (Å²) in [5, 5.41) is 3.47. The first-order valence-corrected chi connectivity index (χ1v) is 11.3. The van der Waals surface area contributed by atoms with Gasteiger partial charge in [-0.05, 0) is 31.1 Å². The number of ether oxygens (including phenoxy) is 1. The Kier molecular flexibility index (Phi) is 6.50. The molecule has 1 aliphatic heterocycles. The van der Waals surface area contributed by atoms with Crippen molar-refractivity contribution in [2.75, 3.05) is 25.6 Å². The summed E-state index contributed by atoms with van der Waals surface area (Å²) in [6.45, 7) is 0.787. The van der Waals surface area contributed by atoms with Gasteiger partial charge in [-0.25, -0.2) is 4.98 Å². The third-order valence-corrected chi connectivity index (χ3v) is 6.76. The molecular weight excluding hydrogens is 420 g/mol. The number of hydrogen-bond acceptors (Lipinski definition) is 7. The zero-order valence-electron chi connectivity index (χ0n) is 16.8. The van der Waals surface area contributed by atoms with E-state index in [-0.39, 0.29) is 17.5 Å². The van der Waals surface area contributed by atoms with E-state index in [4.69, 9.17) is 21.9 Å². The van der Waals surface area contributed by atoms with Crippen LogP contribution in [-0.2, 0) is 9.53 Å². The van der Waals surface area contributed by atoms with Crippen LogP contribution >= 0.6 is 24.0 Å². The number of thiocarbonyl (C=S) groups is 1. The Morgan fingerprint density at radius 1 is 1.30 bits per heavy atom. The van der Waals surface area contributed by atoms with Crippen molar-refractivity contribution in [2.45, 2.75) is 38.1 Å². The summed E-state index contributed by atoms with van der Waals surface area (Å²) in [5.74, 6) is 0.323. The van der Waals surface area contributed by atoms with Crippen LogP contribution in [0.2, 0.25) is 0 Å². The molecule has 1 saturated carbocycles. The fourth-order valence-electron chi connectivity index (χ4n) is 3.79. The molecular formula is C21H24N4O3S2. The van der Waals surface area contributed by atoms with E-state index in [1.165, 1.54) is 27.5 Å². The van der Waals surface area contributed by atoms with Gasteiger partial charge in [0.2, 0.25) is 0 Å². The molecule has 1 N–H and O–H groups in total. The number of fused-ring (bicyclic) bond motifs is 1. The van der Waals surface area contributed by atoms with E-state index in [2.05, 4.69) is 5.32 Å². The molecule has 1 saturated heterocycles. The number of methoxy groups -OCH3 is 1. The predicted molar refractivity (Wildman–Crippen MR) is 124 cm³/mol. The van der Waals surface area contributed by atoms with Gasteiger partial charge in [0, 0.05) is 19.3 Å². The fraction of sp³-hybridized carbons (Fsp3) is 0.429. The smallest absolute Gasteiger partial charge is 0.267 e. The van der Waals surface area contributed by atoms with E-state index < -0.39 is 0 Å². The molecule has 2 fully saturated rings. The van der Waals surface area contributed by atoms with E-state index in [0.717, 1.165) is 25.7 Å². The second-order valence-electron chi connectivity index (χ2n) is 7.41.